The fourth-order valence-corrected chi connectivity index (χ4v) is 3.03. The van der Waals surface area contributed by atoms with Crippen LogP contribution in [0.15, 0.2) is 39.9 Å². The lowest BCUT2D eigenvalue weighted by Gasteiger charge is -2.14. The molecule has 0 bridgehead atoms. The van der Waals surface area contributed by atoms with E-state index in [0.29, 0.717) is 38.1 Å². The number of pyridine rings is 1. The zero-order valence-corrected chi connectivity index (χ0v) is 16.4. The van der Waals surface area contributed by atoms with Crippen LogP contribution in [0.5, 0.6) is 11.5 Å². The van der Waals surface area contributed by atoms with Crippen LogP contribution in [-0.2, 0) is 16.1 Å². The molecule has 0 saturated carbocycles. The molecule has 27 heavy (non-hydrogen) atoms. The number of methoxy groups -OCH3 is 3. The van der Waals surface area contributed by atoms with Crippen LogP contribution in [0.25, 0.3) is 22.0 Å². The van der Waals surface area contributed by atoms with Crippen molar-refractivity contribution in [2.24, 2.45) is 0 Å². The third-order valence-corrected chi connectivity index (χ3v) is 4.40. The van der Waals surface area contributed by atoms with E-state index in [2.05, 4.69) is 30.7 Å². The molecule has 0 spiro atoms. The van der Waals surface area contributed by atoms with Gasteiger partial charge in [-0.1, -0.05) is 0 Å². The van der Waals surface area contributed by atoms with Crippen LogP contribution in [0, 0.1) is 0 Å². The summed E-state index contributed by atoms with van der Waals surface area (Å²) >= 11 is 3.33. The topological polar surface area (TPSA) is 92.5 Å². The average molecular weight is 434 g/mol. The smallest absolute Gasteiger partial charge is 0.327 e. The van der Waals surface area contributed by atoms with E-state index in [1.165, 1.54) is 21.3 Å². The van der Waals surface area contributed by atoms with Crippen molar-refractivity contribution in [3.05, 3.63) is 45.4 Å². The number of esters is 1. The Morgan fingerprint density at radius 1 is 1.11 bits per heavy atom. The van der Waals surface area contributed by atoms with Crippen molar-refractivity contribution < 1.29 is 19.0 Å². The summed E-state index contributed by atoms with van der Waals surface area (Å²) in [5.74, 6) is 0.289. The highest BCUT2D eigenvalue weighted by Crippen LogP contribution is 2.35. The minimum absolute atomic E-state index is 0.307. The van der Waals surface area contributed by atoms with Crippen molar-refractivity contribution in [2.45, 2.75) is 6.54 Å². The van der Waals surface area contributed by atoms with Gasteiger partial charge in [0.15, 0.2) is 11.5 Å². The summed E-state index contributed by atoms with van der Waals surface area (Å²) in [5, 5.41) is 5.30. The second-order valence-electron chi connectivity index (χ2n) is 5.51. The normalized spacial score (nSPS) is 10.7. The van der Waals surface area contributed by atoms with Crippen molar-refractivity contribution in [3.63, 3.8) is 0 Å². The molecule has 0 aliphatic heterocycles. The van der Waals surface area contributed by atoms with Crippen LogP contribution >= 0.6 is 15.9 Å². The Labute approximate surface area is 162 Å². The molecule has 8 nitrogen and oxygen atoms in total. The second-order valence-corrected chi connectivity index (χ2v) is 6.32. The number of hydrogen-bond acceptors (Lipinski definition) is 7. The Balaban J connectivity index is 2.38. The maximum Gasteiger partial charge on any atom is 0.327 e. The molecular formula is C18H16BrN3O5. The van der Waals surface area contributed by atoms with E-state index >= 15 is 0 Å². The number of benzene rings is 1. The lowest BCUT2D eigenvalue weighted by atomic mass is 10.1. The van der Waals surface area contributed by atoms with Gasteiger partial charge in [0.05, 0.1) is 32.4 Å². The Morgan fingerprint density at radius 2 is 1.78 bits per heavy atom. The van der Waals surface area contributed by atoms with Gasteiger partial charge in [0.25, 0.3) is 5.56 Å². The third-order valence-electron chi connectivity index (χ3n) is 3.97. The first-order valence-electron chi connectivity index (χ1n) is 7.84. The van der Waals surface area contributed by atoms with Crippen LogP contribution in [0.2, 0.25) is 0 Å². The van der Waals surface area contributed by atoms with E-state index in [1.807, 2.05) is 0 Å². The fourth-order valence-electron chi connectivity index (χ4n) is 2.67. The van der Waals surface area contributed by atoms with Crippen molar-refractivity contribution in [1.29, 1.82) is 0 Å². The maximum atomic E-state index is 12.9. The molecule has 2 aromatic heterocycles. The predicted molar refractivity (Wildman–Crippen MR) is 102 cm³/mol. The van der Waals surface area contributed by atoms with Gasteiger partial charge in [-0.2, -0.15) is 5.10 Å². The highest BCUT2D eigenvalue weighted by molar-refractivity contribution is 9.10. The van der Waals surface area contributed by atoms with E-state index in [9.17, 15) is 9.59 Å². The molecule has 0 fully saturated rings. The Hall–Kier alpha value is -2.94. The standard InChI is InChI=1S/C18H16BrN3O5/c1-25-13-7-11-12(8-14(13)26-2)18(24)22(9-16(23)27-3)21-17(11)10-4-5-20-15(19)6-10/h4-8H,9H2,1-3H3. The molecule has 2 heterocycles. The minimum atomic E-state index is -0.578. The lowest BCUT2D eigenvalue weighted by Crippen LogP contribution is -2.28. The van der Waals surface area contributed by atoms with Crippen LogP contribution in [0.1, 0.15) is 0 Å². The van der Waals surface area contributed by atoms with E-state index < -0.39 is 11.5 Å². The van der Waals surface area contributed by atoms with E-state index in [-0.39, 0.29) is 6.54 Å². The Bertz CT molecular complexity index is 1080. The summed E-state index contributed by atoms with van der Waals surface area (Å²) in [6.45, 7) is -0.307. The highest BCUT2D eigenvalue weighted by atomic mass is 79.9. The minimum Gasteiger partial charge on any atom is -0.493 e. The van der Waals surface area contributed by atoms with Crippen molar-refractivity contribution in [3.8, 4) is 22.8 Å². The lowest BCUT2D eigenvalue weighted by molar-refractivity contribution is -0.141. The highest BCUT2D eigenvalue weighted by Gasteiger charge is 2.18. The molecule has 0 N–H and O–H groups in total. The van der Waals surface area contributed by atoms with E-state index in [4.69, 9.17) is 9.47 Å². The molecule has 0 amide bonds. The molecule has 0 aliphatic rings. The molecule has 1 aromatic carbocycles. The van der Waals surface area contributed by atoms with Crippen molar-refractivity contribution in [2.75, 3.05) is 21.3 Å². The van der Waals surface area contributed by atoms with Crippen LogP contribution in [0.4, 0.5) is 0 Å². The maximum absolute atomic E-state index is 12.9. The summed E-state index contributed by atoms with van der Waals surface area (Å²) in [5.41, 5.74) is 0.776. The number of fused-ring (bicyclic) bond motifs is 1. The van der Waals surface area contributed by atoms with Gasteiger partial charge in [-0.15, -0.1) is 0 Å². The first-order chi connectivity index (χ1) is 13.0. The summed E-state index contributed by atoms with van der Waals surface area (Å²) in [4.78, 5) is 28.7. The zero-order valence-electron chi connectivity index (χ0n) is 14.9. The quantitative estimate of drug-likeness (QED) is 0.450. The molecule has 0 saturated heterocycles. The number of nitrogens with zero attached hydrogens (tertiary/aromatic N) is 3. The Kier molecular flexibility index (Phi) is 5.41. The largest absolute Gasteiger partial charge is 0.493 e. The van der Waals surface area contributed by atoms with Crippen LogP contribution in [0.3, 0.4) is 0 Å². The summed E-state index contributed by atoms with van der Waals surface area (Å²) < 4.78 is 17.0. The van der Waals surface area contributed by atoms with Crippen molar-refractivity contribution >= 4 is 32.7 Å². The summed E-state index contributed by atoms with van der Waals surface area (Å²) in [6, 6.07) is 6.79. The number of carbonyl (C=O) groups excluding carboxylic acids is 1. The first kappa shape index (κ1) is 18.8. The van der Waals surface area contributed by atoms with E-state index in [1.54, 1.807) is 30.5 Å². The van der Waals surface area contributed by atoms with Gasteiger partial charge in [-0.25, -0.2) is 9.67 Å². The predicted octanol–water partition coefficient (Wildman–Crippen LogP) is 2.41. The monoisotopic (exact) mass is 433 g/mol. The number of aromatic nitrogens is 3. The number of rotatable bonds is 5. The first-order valence-corrected chi connectivity index (χ1v) is 8.63. The SMILES string of the molecule is COC(=O)Cn1nc(-c2ccnc(Br)c2)c2cc(OC)c(OC)cc2c1=O. The zero-order chi connectivity index (χ0) is 19.6. The van der Waals surface area contributed by atoms with Crippen molar-refractivity contribution in [1.82, 2.24) is 14.8 Å². The van der Waals surface area contributed by atoms with Gasteiger partial charge < -0.3 is 14.2 Å². The van der Waals surface area contributed by atoms with Gasteiger partial charge >= 0.3 is 5.97 Å². The average Bonchev–Trinajstić information content (AvgIpc) is 2.68. The summed E-state index contributed by atoms with van der Waals surface area (Å²) in [6.07, 6.45) is 1.61. The Morgan fingerprint density at radius 3 is 2.37 bits per heavy atom. The number of hydrogen-bond donors (Lipinski definition) is 0. The molecule has 0 atom stereocenters. The third kappa shape index (κ3) is 3.63. The fraction of sp³-hybridized carbons (Fsp3) is 0.222. The van der Waals surface area contributed by atoms with Gasteiger partial charge in [0.1, 0.15) is 11.1 Å². The number of halogens is 1. The van der Waals surface area contributed by atoms with Gasteiger partial charge in [0.2, 0.25) is 0 Å². The molecular weight excluding hydrogens is 418 g/mol. The van der Waals surface area contributed by atoms with E-state index in [0.717, 1.165) is 4.68 Å². The van der Waals surface area contributed by atoms with Crippen LogP contribution in [-0.4, -0.2) is 42.1 Å². The molecule has 0 aliphatic carbocycles. The number of ether oxygens (including phenoxy) is 3. The van der Waals surface area contributed by atoms with Gasteiger partial charge in [0, 0.05) is 17.1 Å². The van der Waals surface area contributed by atoms with Crippen LogP contribution < -0.4 is 15.0 Å². The number of carbonyl (C=O) groups is 1. The van der Waals surface area contributed by atoms with Gasteiger partial charge in [-0.3, -0.25) is 9.59 Å². The van der Waals surface area contributed by atoms with Gasteiger partial charge in [-0.05, 0) is 40.2 Å². The summed E-state index contributed by atoms with van der Waals surface area (Å²) in [7, 11) is 4.25. The molecule has 140 valence electrons. The second kappa shape index (κ2) is 7.75. The molecule has 9 heteroatoms. The molecule has 0 radical (unpaired) electrons. The molecule has 3 rings (SSSR count). The molecule has 3 aromatic rings. The molecule has 0 unspecified atom stereocenters.